The topological polar surface area (TPSA) is 164 Å². The molecule has 0 aliphatic carbocycles. The van der Waals surface area contributed by atoms with Crippen LogP contribution >= 0.6 is 7.82 Å². The smallest absolute Gasteiger partial charge is 0.822 e. The van der Waals surface area contributed by atoms with Gasteiger partial charge in [-0.3, -0.25) is 4.55 Å². The predicted octanol–water partition coefficient (Wildman–Crippen LogP) is -4.20. The number of hydrogen-bond donors (Lipinski definition) is 1. The molecule has 0 unspecified atom stereocenters. The fraction of sp³-hybridized carbons (Fsp3) is 0. The van der Waals surface area contributed by atoms with Gasteiger partial charge in [0.1, 0.15) is 0 Å². The summed E-state index contributed by atoms with van der Waals surface area (Å²) in [5.74, 6) is 0. The van der Waals surface area contributed by atoms with E-state index in [1.54, 1.807) is 0 Å². The SMILES string of the molecule is O=P([O-])([O-])[O-].O=S(=O)([O-])O.[Ca+2].[Cu+2]. The maximum Gasteiger partial charge on any atom is 2.00 e. The van der Waals surface area contributed by atoms with E-state index in [0.717, 1.165) is 0 Å². The molecule has 0 fully saturated rings. The van der Waals surface area contributed by atoms with Crippen molar-refractivity contribution in [3.05, 3.63) is 0 Å². The first-order valence-electron chi connectivity index (χ1n) is 1.41. The Hall–Kier alpha value is 1.76. The third-order valence-electron chi connectivity index (χ3n) is 0. The summed E-state index contributed by atoms with van der Waals surface area (Å²) in [5.41, 5.74) is 0. The summed E-state index contributed by atoms with van der Waals surface area (Å²) in [6.07, 6.45) is 0. The van der Waals surface area contributed by atoms with Crippen molar-refractivity contribution in [2.24, 2.45) is 0 Å². The second-order valence-electron chi connectivity index (χ2n) is 0.875. The first-order chi connectivity index (χ1) is 4.00. The minimum absolute atomic E-state index is 0. The summed E-state index contributed by atoms with van der Waals surface area (Å²) in [5, 5.41) is 0. The van der Waals surface area contributed by atoms with E-state index in [9.17, 15) is 0 Å². The van der Waals surface area contributed by atoms with Crippen LogP contribution in [0.15, 0.2) is 0 Å². The van der Waals surface area contributed by atoms with Gasteiger partial charge in [0.15, 0.2) is 0 Å². The van der Waals surface area contributed by atoms with Crippen molar-refractivity contribution in [2.45, 2.75) is 0 Å². The standard InChI is InChI=1S/Ca.Cu.H3O4P.H2O4S/c;;2*1-5(2,3)4/h;;(H3,1,2,3,4);(H2,1,2,3,4)/q2*+2;;/p-4. The summed E-state index contributed by atoms with van der Waals surface area (Å²) in [6, 6.07) is 0. The zero-order valence-electron chi connectivity index (χ0n) is 5.17. The molecule has 0 aliphatic heterocycles. The Balaban J connectivity index is -0.0000000457. The molecule has 0 aliphatic rings. The van der Waals surface area contributed by atoms with Crippen LogP contribution in [0, 0.1) is 0 Å². The van der Waals surface area contributed by atoms with E-state index in [4.69, 9.17) is 36.8 Å². The van der Waals surface area contributed by atoms with Crippen molar-refractivity contribution in [1.82, 2.24) is 0 Å². The molecule has 0 aromatic heterocycles. The van der Waals surface area contributed by atoms with Crippen molar-refractivity contribution >= 4 is 56.0 Å². The Kier molecular flexibility index (Phi) is 18.3. The molecule has 0 bridgehead atoms. The number of phosphoric acid groups is 1. The largest absolute Gasteiger partial charge is 2.00 e. The van der Waals surface area contributed by atoms with Crippen molar-refractivity contribution in [3.63, 3.8) is 0 Å². The molecule has 12 heavy (non-hydrogen) atoms. The molecule has 1 radical (unpaired) electrons. The van der Waals surface area contributed by atoms with Crippen LogP contribution in [-0.2, 0) is 32.0 Å². The molecule has 0 saturated carbocycles. The molecule has 0 heterocycles. The molecule has 0 rings (SSSR count). The first-order valence-corrected chi connectivity index (χ1v) is 4.24. The fourth-order valence-corrected chi connectivity index (χ4v) is 0. The predicted molar refractivity (Wildman–Crippen MR) is 25.7 cm³/mol. The third kappa shape index (κ3) is 440. The second-order valence-corrected chi connectivity index (χ2v) is 2.62. The fourth-order valence-electron chi connectivity index (χ4n) is 0. The van der Waals surface area contributed by atoms with Gasteiger partial charge in [0.05, 0.1) is 0 Å². The molecule has 0 saturated heterocycles. The van der Waals surface area contributed by atoms with E-state index < -0.39 is 18.2 Å². The van der Waals surface area contributed by atoms with E-state index in [1.165, 1.54) is 0 Å². The number of hydrogen-bond acceptors (Lipinski definition) is 7. The molecule has 0 aromatic rings. The average Bonchev–Trinajstić information content (AvgIpc) is 1.12. The summed E-state index contributed by atoms with van der Waals surface area (Å²) in [7, 11) is -10.3. The Morgan fingerprint density at radius 2 is 1.17 bits per heavy atom. The minimum Gasteiger partial charge on any atom is -0.822 e. The Labute approximate surface area is 109 Å². The molecule has 0 atom stereocenters. The van der Waals surface area contributed by atoms with E-state index in [-0.39, 0.29) is 54.8 Å². The molecular weight excluding hydrogens is 295 g/mol. The molecule has 73 valence electrons. The van der Waals surface area contributed by atoms with Crippen LogP contribution in [0.1, 0.15) is 0 Å². The minimum atomic E-state index is -5.39. The van der Waals surface area contributed by atoms with Gasteiger partial charge in [0.25, 0.3) is 0 Å². The number of rotatable bonds is 0. The average molecular weight is 296 g/mol. The van der Waals surface area contributed by atoms with E-state index in [2.05, 4.69) is 0 Å². The van der Waals surface area contributed by atoms with Crippen molar-refractivity contribution in [3.8, 4) is 0 Å². The Morgan fingerprint density at radius 1 is 1.17 bits per heavy atom. The summed E-state index contributed by atoms with van der Waals surface area (Å²) >= 11 is 0. The van der Waals surface area contributed by atoms with Crippen molar-refractivity contribution < 1.29 is 53.8 Å². The monoisotopic (exact) mass is 295 g/mol. The van der Waals surface area contributed by atoms with Crippen LogP contribution in [0.3, 0.4) is 0 Å². The summed E-state index contributed by atoms with van der Waals surface area (Å²) in [6.45, 7) is 0. The second kappa shape index (κ2) is 9.32. The zero-order valence-corrected chi connectivity index (χ0v) is 10.0. The normalized spacial score (nSPS) is 9.75. The van der Waals surface area contributed by atoms with Crippen LogP contribution in [0.5, 0.6) is 0 Å². The van der Waals surface area contributed by atoms with E-state index in [0.29, 0.717) is 0 Å². The van der Waals surface area contributed by atoms with Crippen LogP contribution in [-0.4, -0.2) is 55.3 Å². The van der Waals surface area contributed by atoms with E-state index in [1.807, 2.05) is 0 Å². The van der Waals surface area contributed by atoms with Crippen LogP contribution in [0.2, 0.25) is 0 Å². The molecule has 0 amide bonds. The quantitative estimate of drug-likeness (QED) is 0.203. The zero-order chi connectivity index (χ0) is 9.00. The Morgan fingerprint density at radius 3 is 1.17 bits per heavy atom. The summed E-state index contributed by atoms with van der Waals surface area (Å²) < 4.78 is 41.4. The van der Waals surface area contributed by atoms with Gasteiger partial charge in [-0.2, -0.15) is 7.82 Å². The maximum atomic E-state index is 8.63. The van der Waals surface area contributed by atoms with Crippen LogP contribution in [0.25, 0.3) is 0 Å². The van der Waals surface area contributed by atoms with Gasteiger partial charge in [0.2, 0.25) is 10.4 Å². The van der Waals surface area contributed by atoms with E-state index >= 15 is 0 Å². The Bertz CT molecular complexity index is 197. The molecule has 12 heteroatoms. The van der Waals surface area contributed by atoms with Crippen molar-refractivity contribution in [1.29, 1.82) is 0 Å². The van der Waals surface area contributed by atoms with Gasteiger partial charge in [0, 0.05) is 0 Å². The van der Waals surface area contributed by atoms with Gasteiger partial charge in [-0.05, 0) is 0 Å². The van der Waals surface area contributed by atoms with Gasteiger partial charge < -0.3 is 23.8 Å². The van der Waals surface area contributed by atoms with Gasteiger partial charge >= 0.3 is 54.8 Å². The van der Waals surface area contributed by atoms with Crippen molar-refractivity contribution in [2.75, 3.05) is 0 Å². The van der Waals surface area contributed by atoms with Gasteiger partial charge in [-0.1, -0.05) is 0 Å². The third-order valence-corrected chi connectivity index (χ3v) is 0. The molecular formula is HCaCuO8PS. The molecule has 0 spiro atoms. The first kappa shape index (κ1) is 23.5. The molecule has 8 nitrogen and oxygen atoms in total. The van der Waals surface area contributed by atoms with Gasteiger partial charge in [-0.15, -0.1) is 0 Å². The maximum absolute atomic E-state index is 8.63. The molecule has 0 aromatic carbocycles. The summed E-state index contributed by atoms with van der Waals surface area (Å²) in [4.78, 5) is 25.6. The van der Waals surface area contributed by atoms with Crippen LogP contribution in [0.4, 0.5) is 0 Å². The van der Waals surface area contributed by atoms with Gasteiger partial charge in [-0.25, -0.2) is 8.42 Å². The molecule has 1 N–H and O–H groups in total. The van der Waals surface area contributed by atoms with Crippen LogP contribution < -0.4 is 14.7 Å².